The van der Waals surface area contributed by atoms with Gasteiger partial charge in [0.1, 0.15) is 0 Å². The Morgan fingerprint density at radius 2 is 2.21 bits per heavy atom. The van der Waals surface area contributed by atoms with Crippen molar-refractivity contribution in [3.8, 4) is 11.3 Å². The molecule has 3 heterocycles. The van der Waals surface area contributed by atoms with Gasteiger partial charge in [0.2, 0.25) is 0 Å². The first-order valence-corrected chi connectivity index (χ1v) is 8.94. The van der Waals surface area contributed by atoms with Crippen LogP contribution in [-0.2, 0) is 13.0 Å². The molecule has 0 saturated carbocycles. The summed E-state index contributed by atoms with van der Waals surface area (Å²) in [5.41, 5.74) is 4.81. The first-order valence-electron chi connectivity index (χ1n) is 8.06. The Labute approximate surface area is 144 Å². The van der Waals surface area contributed by atoms with Crippen LogP contribution in [0.2, 0.25) is 0 Å². The molecule has 0 radical (unpaired) electrons. The molecular formula is C18H18N4OS. The van der Waals surface area contributed by atoms with E-state index in [4.69, 9.17) is 0 Å². The third-order valence-corrected chi connectivity index (χ3v) is 5.09. The lowest BCUT2D eigenvalue weighted by Crippen LogP contribution is -2.29. The predicted molar refractivity (Wildman–Crippen MR) is 95.6 cm³/mol. The van der Waals surface area contributed by atoms with Crippen LogP contribution < -0.4 is 4.90 Å². The van der Waals surface area contributed by atoms with Crippen molar-refractivity contribution in [3.05, 3.63) is 52.1 Å². The van der Waals surface area contributed by atoms with E-state index in [2.05, 4.69) is 21.5 Å². The van der Waals surface area contributed by atoms with Crippen LogP contribution in [0.15, 0.2) is 35.8 Å². The molecule has 3 aromatic rings. The molecule has 4 rings (SSSR count). The van der Waals surface area contributed by atoms with Crippen LogP contribution in [0.4, 0.5) is 5.69 Å². The fraction of sp³-hybridized carbons (Fsp3) is 0.278. The molecule has 1 aliphatic rings. The summed E-state index contributed by atoms with van der Waals surface area (Å²) in [6.45, 7) is 5.48. The number of anilines is 1. The minimum absolute atomic E-state index is 0.0294. The summed E-state index contributed by atoms with van der Waals surface area (Å²) in [5.74, 6) is -0.0294. The van der Waals surface area contributed by atoms with E-state index < -0.39 is 0 Å². The molecule has 0 fully saturated rings. The van der Waals surface area contributed by atoms with E-state index in [0.717, 1.165) is 34.9 Å². The highest BCUT2D eigenvalue weighted by molar-refractivity contribution is 7.09. The Morgan fingerprint density at radius 1 is 1.33 bits per heavy atom. The van der Waals surface area contributed by atoms with Crippen LogP contribution in [-0.4, -0.2) is 27.2 Å². The second-order valence-electron chi connectivity index (χ2n) is 5.86. The molecule has 5 nitrogen and oxygen atoms in total. The van der Waals surface area contributed by atoms with E-state index in [9.17, 15) is 4.79 Å². The van der Waals surface area contributed by atoms with Crippen LogP contribution >= 0.6 is 11.3 Å². The maximum absolute atomic E-state index is 12.7. The Balaban J connectivity index is 1.63. The highest BCUT2D eigenvalue weighted by Crippen LogP contribution is 2.33. The molecular weight excluding hydrogens is 320 g/mol. The third kappa shape index (κ3) is 2.53. The van der Waals surface area contributed by atoms with Gasteiger partial charge in [-0.3, -0.25) is 9.48 Å². The molecule has 0 atom stereocenters. The zero-order valence-electron chi connectivity index (χ0n) is 13.7. The van der Waals surface area contributed by atoms with Gasteiger partial charge in [-0.05, 0) is 44.0 Å². The van der Waals surface area contributed by atoms with Gasteiger partial charge in [0.25, 0.3) is 5.91 Å². The van der Waals surface area contributed by atoms with Gasteiger partial charge in [-0.15, -0.1) is 11.3 Å². The fourth-order valence-corrected chi connectivity index (χ4v) is 3.68. The molecule has 0 unspecified atom stereocenters. The Morgan fingerprint density at radius 3 is 2.92 bits per heavy atom. The van der Waals surface area contributed by atoms with Crippen molar-refractivity contribution in [1.29, 1.82) is 0 Å². The van der Waals surface area contributed by atoms with Crippen LogP contribution in [0, 0.1) is 6.92 Å². The van der Waals surface area contributed by atoms with Gasteiger partial charge in [-0.25, -0.2) is 4.98 Å². The average Bonchev–Trinajstić information content (AvgIpc) is 3.32. The molecule has 0 N–H and O–H groups in total. The lowest BCUT2D eigenvalue weighted by Gasteiger charge is -2.16. The second kappa shape index (κ2) is 5.87. The van der Waals surface area contributed by atoms with E-state index in [1.807, 2.05) is 37.1 Å². The molecule has 1 aliphatic heterocycles. The van der Waals surface area contributed by atoms with Gasteiger partial charge in [0.05, 0.1) is 10.7 Å². The lowest BCUT2D eigenvalue weighted by molar-refractivity contribution is 0.0984. The fourth-order valence-electron chi connectivity index (χ4n) is 3.06. The predicted octanol–water partition coefficient (Wildman–Crippen LogP) is 3.54. The van der Waals surface area contributed by atoms with Crippen molar-refractivity contribution in [2.45, 2.75) is 26.8 Å². The second-order valence-corrected chi connectivity index (χ2v) is 6.92. The number of carbonyl (C=O) groups is 1. The summed E-state index contributed by atoms with van der Waals surface area (Å²) in [6.07, 6.45) is 2.71. The van der Waals surface area contributed by atoms with E-state index >= 15 is 0 Å². The number of hydrogen-bond donors (Lipinski definition) is 0. The van der Waals surface area contributed by atoms with E-state index in [-0.39, 0.29) is 5.91 Å². The largest absolute Gasteiger partial charge is 0.306 e. The summed E-state index contributed by atoms with van der Waals surface area (Å²) >= 11 is 1.65. The van der Waals surface area contributed by atoms with E-state index in [1.54, 1.807) is 22.1 Å². The van der Waals surface area contributed by atoms with Gasteiger partial charge < -0.3 is 4.90 Å². The van der Waals surface area contributed by atoms with Crippen LogP contribution in [0.5, 0.6) is 0 Å². The number of aryl methyl sites for hydroxylation is 2. The zero-order valence-corrected chi connectivity index (χ0v) is 14.5. The quantitative estimate of drug-likeness (QED) is 0.734. The maximum atomic E-state index is 12.7. The molecule has 6 heteroatoms. The Hall–Kier alpha value is -2.47. The Kier molecular flexibility index (Phi) is 3.69. The SMILES string of the molecule is CCn1ccc(C(=O)N2CCc3cc(-c4csc(C)n4)ccc32)n1. The number of amides is 1. The first-order chi connectivity index (χ1) is 11.7. The summed E-state index contributed by atoms with van der Waals surface area (Å²) in [7, 11) is 0. The minimum atomic E-state index is -0.0294. The highest BCUT2D eigenvalue weighted by atomic mass is 32.1. The topological polar surface area (TPSA) is 51.0 Å². The smallest absolute Gasteiger partial charge is 0.278 e. The molecule has 24 heavy (non-hydrogen) atoms. The Bertz CT molecular complexity index is 911. The van der Waals surface area contributed by atoms with Crippen LogP contribution in [0.3, 0.4) is 0 Å². The molecule has 0 saturated heterocycles. The van der Waals surface area contributed by atoms with Crippen LogP contribution in [0.25, 0.3) is 11.3 Å². The van der Waals surface area contributed by atoms with Gasteiger partial charge in [0, 0.05) is 35.9 Å². The molecule has 0 aliphatic carbocycles. The van der Waals surface area contributed by atoms with Crippen molar-refractivity contribution in [2.75, 3.05) is 11.4 Å². The zero-order chi connectivity index (χ0) is 16.7. The number of benzene rings is 1. The van der Waals surface area contributed by atoms with Crippen molar-refractivity contribution < 1.29 is 4.79 Å². The minimum Gasteiger partial charge on any atom is -0.306 e. The van der Waals surface area contributed by atoms with Crippen molar-refractivity contribution in [1.82, 2.24) is 14.8 Å². The molecule has 1 amide bonds. The molecule has 2 aromatic heterocycles. The normalized spacial score (nSPS) is 13.3. The van der Waals surface area contributed by atoms with Gasteiger partial charge in [0.15, 0.2) is 5.69 Å². The van der Waals surface area contributed by atoms with Crippen molar-refractivity contribution in [2.24, 2.45) is 0 Å². The molecule has 0 spiro atoms. The monoisotopic (exact) mass is 338 g/mol. The van der Waals surface area contributed by atoms with Gasteiger partial charge in [-0.1, -0.05) is 6.07 Å². The van der Waals surface area contributed by atoms with Gasteiger partial charge in [-0.2, -0.15) is 5.10 Å². The number of aromatic nitrogens is 3. The maximum Gasteiger partial charge on any atom is 0.278 e. The number of nitrogens with zero attached hydrogens (tertiary/aromatic N) is 4. The third-order valence-electron chi connectivity index (χ3n) is 4.32. The molecule has 1 aromatic carbocycles. The van der Waals surface area contributed by atoms with Crippen molar-refractivity contribution in [3.63, 3.8) is 0 Å². The number of fused-ring (bicyclic) bond motifs is 1. The summed E-state index contributed by atoms with van der Waals surface area (Å²) in [4.78, 5) is 19.1. The van der Waals surface area contributed by atoms with Crippen LogP contribution in [0.1, 0.15) is 28.0 Å². The average molecular weight is 338 g/mol. The standard InChI is InChI=1S/C18H18N4OS/c1-3-21-8-7-15(20-21)18(23)22-9-6-14-10-13(4-5-17(14)22)16-11-24-12(2)19-16/h4-5,7-8,10-11H,3,6,9H2,1-2H3. The molecule has 0 bridgehead atoms. The van der Waals surface area contributed by atoms with Crippen molar-refractivity contribution >= 4 is 22.9 Å². The number of thiazole rings is 1. The lowest BCUT2D eigenvalue weighted by atomic mass is 10.1. The summed E-state index contributed by atoms with van der Waals surface area (Å²) in [5, 5.41) is 7.47. The number of carbonyl (C=O) groups excluding carboxylic acids is 1. The molecule has 122 valence electrons. The van der Waals surface area contributed by atoms with Gasteiger partial charge >= 0.3 is 0 Å². The number of rotatable bonds is 3. The number of hydrogen-bond acceptors (Lipinski definition) is 4. The summed E-state index contributed by atoms with van der Waals surface area (Å²) < 4.78 is 1.78. The first kappa shape index (κ1) is 15.1. The van der Waals surface area contributed by atoms with E-state index in [1.165, 1.54) is 5.56 Å². The highest BCUT2D eigenvalue weighted by Gasteiger charge is 2.27. The van der Waals surface area contributed by atoms with E-state index in [0.29, 0.717) is 12.2 Å². The summed E-state index contributed by atoms with van der Waals surface area (Å²) in [6, 6.07) is 8.02.